The van der Waals surface area contributed by atoms with Gasteiger partial charge in [0.25, 0.3) is 0 Å². The molecule has 150 valence electrons. The molecule has 28 heavy (non-hydrogen) atoms. The molecule has 3 heterocycles. The highest BCUT2D eigenvalue weighted by atomic mass is 16.6. The maximum Gasteiger partial charge on any atom is 0.302 e. The number of Topliss-reactive ketones (excluding diaryl/α,β-unsaturated/α-hetero) is 2. The van der Waals surface area contributed by atoms with Crippen LogP contribution in [0.5, 0.6) is 5.88 Å². The number of fused-ring (bicyclic) bond motifs is 1. The summed E-state index contributed by atoms with van der Waals surface area (Å²) in [6, 6.07) is 0. The van der Waals surface area contributed by atoms with Gasteiger partial charge in [-0.1, -0.05) is 0 Å². The number of hydrogen-bond acceptors (Lipinski definition) is 11. The average Bonchev–Trinajstić information content (AvgIpc) is 3.14. The zero-order valence-corrected chi connectivity index (χ0v) is 15.2. The van der Waals surface area contributed by atoms with E-state index in [1.807, 2.05) is 0 Å². The van der Waals surface area contributed by atoms with Crippen LogP contribution in [0.2, 0.25) is 0 Å². The predicted molar refractivity (Wildman–Crippen MR) is 88.8 cm³/mol. The summed E-state index contributed by atoms with van der Waals surface area (Å²) in [4.78, 5) is 47.3. The molecule has 1 fully saturated rings. The number of aromatic nitrogens is 4. The molecule has 0 aliphatic carbocycles. The molecule has 1 aliphatic rings. The van der Waals surface area contributed by atoms with Crippen molar-refractivity contribution >= 4 is 28.7 Å². The minimum atomic E-state index is -2.75. The highest BCUT2D eigenvalue weighted by Gasteiger charge is 2.72. The fraction of sp³-hybridized carbons (Fsp3) is 0.500. The van der Waals surface area contributed by atoms with E-state index in [2.05, 4.69) is 15.0 Å². The van der Waals surface area contributed by atoms with Gasteiger partial charge >= 0.3 is 5.97 Å². The number of carbonyl (C=O) groups excluding carboxylic acids is 3. The van der Waals surface area contributed by atoms with Crippen LogP contribution in [-0.4, -0.2) is 76.3 Å². The van der Waals surface area contributed by atoms with E-state index in [1.54, 1.807) is 0 Å². The SMILES string of the molecule is CC(=O)OC[C@H]1O[C@@H](n2cnc3c(O)ncnc32)[C@@](O)(C(C)=O)[C@@]1(O)C(C)=O. The number of aliphatic hydroxyl groups is 2. The Bertz CT molecular complexity index is 975. The highest BCUT2D eigenvalue weighted by Crippen LogP contribution is 2.47. The Hall–Kier alpha value is -2.96. The number of esters is 1. The van der Waals surface area contributed by atoms with Gasteiger partial charge in [0.1, 0.15) is 19.0 Å². The van der Waals surface area contributed by atoms with E-state index in [-0.39, 0.29) is 11.2 Å². The minimum absolute atomic E-state index is 0.0174. The fourth-order valence-electron chi connectivity index (χ4n) is 3.35. The predicted octanol–water partition coefficient (Wildman–Crippen LogP) is -1.37. The number of carbonyl (C=O) groups is 3. The third-order valence-corrected chi connectivity index (χ3v) is 4.80. The molecule has 4 atom stereocenters. The molecule has 0 saturated carbocycles. The van der Waals surface area contributed by atoms with Gasteiger partial charge in [-0.2, -0.15) is 4.98 Å². The highest BCUT2D eigenvalue weighted by molar-refractivity contribution is 5.99. The summed E-state index contributed by atoms with van der Waals surface area (Å²) in [6.45, 7) is 2.47. The molecule has 3 N–H and O–H groups in total. The molecule has 0 unspecified atom stereocenters. The van der Waals surface area contributed by atoms with Gasteiger partial charge in [-0.25, -0.2) is 9.97 Å². The second-order valence-electron chi connectivity index (χ2n) is 6.45. The maximum atomic E-state index is 12.4. The van der Waals surface area contributed by atoms with Crippen molar-refractivity contribution in [2.45, 2.75) is 44.3 Å². The molecule has 2 aromatic heterocycles. The molecule has 3 rings (SSSR count). The van der Waals surface area contributed by atoms with E-state index >= 15 is 0 Å². The van der Waals surface area contributed by atoms with Crippen molar-refractivity contribution in [2.24, 2.45) is 0 Å². The van der Waals surface area contributed by atoms with Crippen LogP contribution in [0.3, 0.4) is 0 Å². The summed E-state index contributed by atoms with van der Waals surface area (Å²) < 4.78 is 11.5. The van der Waals surface area contributed by atoms with E-state index in [4.69, 9.17) is 9.47 Å². The molecule has 2 aromatic rings. The van der Waals surface area contributed by atoms with Crippen molar-refractivity contribution in [3.05, 3.63) is 12.7 Å². The van der Waals surface area contributed by atoms with Crippen LogP contribution < -0.4 is 0 Å². The molecule has 12 heteroatoms. The summed E-state index contributed by atoms with van der Waals surface area (Å²) in [7, 11) is 0. The van der Waals surface area contributed by atoms with Crippen LogP contribution in [0.1, 0.15) is 27.0 Å². The van der Waals surface area contributed by atoms with Crippen molar-refractivity contribution in [3.8, 4) is 5.88 Å². The third-order valence-electron chi connectivity index (χ3n) is 4.80. The quantitative estimate of drug-likeness (QED) is 0.510. The molecular formula is C16H18N4O8. The van der Waals surface area contributed by atoms with Crippen LogP contribution in [0.15, 0.2) is 12.7 Å². The Morgan fingerprint density at radius 3 is 2.36 bits per heavy atom. The Labute approximate surface area is 157 Å². The van der Waals surface area contributed by atoms with Crippen LogP contribution in [0.4, 0.5) is 0 Å². The molecular weight excluding hydrogens is 376 g/mol. The molecule has 0 amide bonds. The number of imidazole rings is 1. The number of rotatable bonds is 5. The van der Waals surface area contributed by atoms with Crippen molar-refractivity contribution in [1.29, 1.82) is 0 Å². The molecule has 0 bridgehead atoms. The first-order valence-corrected chi connectivity index (χ1v) is 8.17. The number of ether oxygens (including phenoxy) is 2. The second kappa shape index (κ2) is 6.58. The first-order chi connectivity index (χ1) is 13.0. The first-order valence-electron chi connectivity index (χ1n) is 8.17. The zero-order chi connectivity index (χ0) is 20.9. The van der Waals surface area contributed by atoms with Gasteiger partial charge in [0.05, 0.1) is 6.33 Å². The molecule has 0 aromatic carbocycles. The van der Waals surface area contributed by atoms with Gasteiger partial charge in [0.2, 0.25) is 11.5 Å². The number of aromatic hydroxyl groups is 1. The van der Waals surface area contributed by atoms with Gasteiger partial charge in [-0.15, -0.1) is 0 Å². The third kappa shape index (κ3) is 2.57. The summed E-state index contributed by atoms with van der Waals surface area (Å²) in [5, 5.41) is 32.1. The lowest BCUT2D eigenvalue weighted by Gasteiger charge is -2.37. The Kier molecular flexibility index (Phi) is 4.65. The van der Waals surface area contributed by atoms with Gasteiger partial charge in [-0.3, -0.25) is 19.0 Å². The summed E-state index contributed by atoms with van der Waals surface area (Å²) >= 11 is 0. The minimum Gasteiger partial charge on any atom is -0.492 e. The molecule has 0 radical (unpaired) electrons. The van der Waals surface area contributed by atoms with E-state index in [1.165, 1.54) is 0 Å². The van der Waals surface area contributed by atoms with Crippen molar-refractivity contribution in [1.82, 2.24) is 19.5 Å². The van der Waals surface area contributed by atoms with Crippen molar-refractivity contribution < 1.29 is 39.2 Å². The van der Waals surface area contributed by atoms with Crippen LogP contribution >= 0.6 is 0 Å². The van der Waals surface area contributed by atoms with Gasteiger partial charge in [0.15, 0.2) is 34.6 Å². The van der Waals surface area contributed by atoms with Crippen molar-refractivity contribution in [3.63, 3.8) is 0 Å². The zero-order valence-electron chi connectivity index (χ0n) is 15.2. The monoisotopic (exact) mass is 394 g/mol. The van der Waals surface area contributed by atoms with E-state index in [0.717, 1.165) is 38.0 Å². The normalized spacial score (nSPS) is 29.8. The lowest BCUT2D eigenvalue weighted by molar-refractivity contribution is -0.182. The number of hydrogen-bond donors (Lipinski definition) is 3. The molecule has 12 nitrogen and oxygen atoms in total. The summed E-state index contributed by atoms with van der Waals surface area (Å²) in [6.07, 6.45) is -1.09. The largest absolute Gasteiger partial charge is 0.492 e. The lowest BCUT2D eigenvalue weighted by atomic mass is 9.75. The Balaban J connectivity index is 2.19. The Morgan fingerprint density at radius 1 is 1.14 bits per heavy atom. The second-order valence-corrected chi connectivity index (χ2v) is 6.45. The van der Waals surface area contributed by atoms with Crippen LogP contribution in [0.25, 0.3) is 11.2 Å². The maximum absolute atomic E-state index is 12.4. The standard InChI is InChI=1S/C16H18N4O8/c1-7(21)15(25)10(4-27-9(3)23)28-14(16(15,26)8(2)22)20-6-19-11-12(20)17-5-18-13(11)24/h5-6,10,14,25-26H,4H2,1-3H3,(H,17,18,24)/t10-,14-,15-,16+/m1/s1. The van der Waals surface area contributed by atoms with Gasteiger partial charge < -0.3 is 24.8 Å². The number of ketones is 2. The van der Waals surface area contributed by atoms with Crippen LogP contribution in [-0.2, 0) is 23.9 Å². The topological polar surface area (TPSA) is 174 Å². The molecule has 1 saturated heterocycles. The lowest BCUT2D eigenvalue weighted by Crippen LogP contribution is -2.66. The van der Waals surface area contributed by atoms with Crippen molar-refractivity contribution in [2.75, 3.05) is 6.61 Å². The van der Waals surface area contributed by atoms with Gasteiger partial charge in [0, 0.05) is 6.92 Å². The fourth-order valence-corrected chi connectivity index (χ4v) is 3.35. The molecule has 1 aliphatic heterocycles. The van der Waals surface area contributed by atoms with E-state index in [0.29, 0.717) is 0 Å². The number of nitrogens with zero attached hydrogens (tertiary/aromatic N) is 4. The average molecular weight is 394 g/mol. The van der Waals surface area contributed by atoms with Gasteiger partial charge in [-0.05, 0) is 13.8 Å². The summed E-state index contributed by atoms with van der Waals surface area (Å²) in [5.41, 5.74) is -5.54. The summed E-state index contributed by atoms with van der Waals surface area (Å²) in [5.74, 6) is -3.10. The smallest absolute Gasteiger partial charge is 0.302 e. The first kappa shape index (κ1) is 19.8. The molecule has 0 spiro atoms. The Morgan fingerprint density at radius 2 is 1.79 bits per heavy atom. The van der Waals surface area contributed by atoms with E-state index in [9.17, 15) is 29.7 Å². The van der Waals surface area contributed by atoms with E-state index < -0.39 is 53.6 Å². The van der Waals surface area contributed by atoms with Crippen LogP contribution in [0, 0.1) is 0 Å².